The van der Waals surface area contributed by atoms with Gasteiger partial charge in [-0.3, -0.25) is 9.48 Å². The predicted octanol–water partition coefficient (Wildman–Crippen LogP) is 2.52. The first-order chi connectivity index (χ1) is 12.9. The molecule has 2 aliphatic rings. The summed E-state index contributed by atoms with van der Waals surface area (Å²) in [5.74, 6) is 1.01. The fourth-order valence-electron chi connectivity index (χ4n) is 3.66. The van der Waals surface area contributed by atoms with E-state index in [9.17, 15) is 18.0 Å². The zero-order chi connectivity index (χ0) is 19.0. The quantitative estimate of drug-likeness (QED) is 0.797. The molecule has 1 saturated carbocycles. The van der Waals surface area contributed by atoms with E-state index >= 15 is 0 Å². The van der Waals surface area contributed by atoms with Crippen molar-refractivity contribution in [3.8, 4) is 0 Å². The van der Waals surface area contributed by atoms with Crippen molar-refractivity contribution in [1.29, 1.82) is 0 Å². The van der Waals surface area contributed by atoms with Gasteiger partial charge in [-0.15, -0.1) is 10.2 Å². The van der Waals surface area contributed by atoms with Crippen LogP contribution in [0.3, 0.4) is 0 Å². The van der Waals surface area contributed by atoms with Crippen molar-refractivity contribution >= 4 is 5.91 Å². The van der Waals surface area contributed by atoms with Gasteiger partial charge in [-0.2, -0.15) is 18.3 Å². The first-order valence-electron chi connectivity index (χ1n) is 9.16. The van der Waals surface area contributed by atoms with Crippen LogP contribution in [-0.4, -0.2) is 54.6 Å². The predicted molar refractivity (Wildman–Crippen MR) is 88.8 cm³/mol. The molecule has 2 aromatic heterocycles. The molecule has 27 heavy (non-hydrogen) atoms. The van der Waals surface area contributed by atoms with E-state index in [2.05, 4.69) is 19.9 Å². The minimum absolute atomic E-state index is 0.111. The molecule has 0 bridgehead atoms. The van der Waals surface area contributed by atoms with E-state index in [-0.39, 0.29) is 5.92 Å². The van der Waals surface area contributed by atoms with Crippen LogP contribution >= 0.6 is 0 Å². The molecule has 7 nitrogen and oxygen atoms in total. The zero-order valence-corrected chi connectivity index (χ0v) is 14.8. The summed E-state index contributed by atoms with van der Waals surface area (Å²) < 4.78 is 41.3. The lowest BCUT2D eigenvalue weighted by molar-refractivity contribution is -0.162. The fraction of sp³-hybridized carbons (Fsp3) is 0.647. The molecule has 0 unspecified atom stereocenters. The fourth-order valence-corrected chi connectivity index (χ4v) is 3.66. The topological polar surface area (TPSA) is 68.8 Å². The second kappa shape index (κ2) is 6.97. The highest BCUT2D eigenvalue weighted by atomic mass is 19.4. The summed E-state index contributed by atoms with van der Waals surface area (Å²) in [6.45, 7) is 1.19. The average Bonchev–Trinajstić information content (AvgIpc) is 3.15. The molecule has 0 N–H and O–H groups in total. The molecule has 10 heteroatoms. The molecular formula is C17H21F3N6O. The summed E-state index contributed by atoms with van der Waals surface area (Å²) in [6, 6.07) is 2.25. The zero-order valence-electron chi connectivity index (χ0n) is 14.8. The summed E-state index contributed by atoms with van der Waals surface area (Å²) >= 11 is 0. The van der Waals surface area contributed by atoms with Gasteiger partial charge in [0.2, 0.25) is 5.91 Å². The Morgan fingerprint density at radius 3 is 2.48 bits per heavy atom. The number of alkyl halides is 3. The maximum atomic E-state index is 12.4. The lowest BCUT2D eigenvalue weighted by atomic mass is 9.95. The van der Waals surface area contributed by atoms with Crippen LogP contribution in [0.1, 0.15) is 55.7 Å². The van der Waals surface area contributed by atoms with E-state index in [1.807, 2.05) is 12.3 Å². The van der Waals surface area contributed by atoms with Gasteiger partial charge in [0.15, 0.2) is 5.82 Å². The van der Waals surface area contributed by atoms with Crippen molar-refractivity contribution in [2.75, 3.05) is 13.1 Å². The molecule has 0 atom stereocenters. The second-order valence-corrected chi connectivity index (χ2v) is 7.23. The molecule has 2 aromatic rings. The largest absolute Gasteiger partial charge is 0.397 e. The van der Waals surface area contributed by atoms with Gasteiger partial charge in [0.05, 0.1) is 0 Å². The molecule has 146 valence electrons. The van der Waals surface area contributed by atoms with Gasteiger partial charge in [-0.1, -0.05) is 0 Å². The first kappa shape index (κ1) is 18.0. The molecule has 4 rings (SSSR count). The Morgan fingerprint density at radius 2 is 1.89 bits per heavy atom. The van der Waals surface area contributed by atoms with Gasteiger partial charge in [0.1, 0.15) is 18.8 Å². The lowest BCUT2D eigenvalue weighted by Gasteiger charge is -2.32. The summed E-state index contributed by atoms with van der Waals surface area (Å²) in [5, 5.41) is 13.0. The van der Waals surface area contributed by atoms with Crippen molar-refractivity contribution in [3.63, 3.8) is 0 Å². The van der Waals surface area contributed by atoms with Crippen LogP contribution in [-0.2, 0) is 11.3 Å². The number of carbonyl (C=O) groups is 1. The number of rotatable bonds is 5. The van der Waals surface area contributed by atoms with Crippen LogP contribution in [0.5, 0.6) is 0 Å². The van der Waals surface area contributed by atoms with Gasteiger partial charge in [-0.25, -0.2) is 0 Å². The molecule has 1 aliphatic heterocycles. The monoisotopic (exact) mass is 382 g/mol. The third-order valence-electron chi connectivity index (χ3n) is 5.13. The Bertz CT molecular complexity index is 788. The number of halogens is 3. The molecule has 1 aliphatic carbocycles. The maximum absolute atomic E-state index is 12.4. The smallest absolute Gasteiger partial charge is 0.342 e. The Morgan fingerprint density at radius 1 is 1.15 bits per heavy atom. The normalized spacial score (nSPS) is 18.9. The number of hydrogen-bond acceptors (Lipinski definition) is 4. The third-order valence-corrected chi connectivity index (χ3v) is 5.13. The van der Waals surface area contributed by atoms with Gasteiger partial charge in [0, 0.05) is 37.4 Å². The third kappa shape index (κ3) is 4.14. The van der Waals surface area contributed by atoms with Crippen molar-refractivity contribution < 1.29 is 18.0 Å². The summed E-state index contributed by atoms with van der Waals surface area (Å²) in [4.78, 5) is 13.1. The molecule has 0 radical (unpaired) electrons. The van der Waals surface area contributed by atoms with Gasteiger partial charge < -0.3 is 9.47 Å². The van der Waals surface area contributed by atoms with Crippen LogP contribution in [0.25, 0.3) is 0 Å². The van der Waals surface area contributed by atoms with Gasteiger partial charge in [0.25, 0.3) is 0 Å². The van der Waals surface area contributed by atoms with Crippen molar-refractivity contribution in [2.45, 2.75) is 56.8 Å². The van der Waals surface area contributed by atoms with Crippen molar-refractivity contribution in [2.24, 2.45) is 0 Å². The Hall–Kier alpha value is -2.39. The molecule has 3 heterocycles. The molecule has 1 saturated heterocycles. The van der Waals surface area contributed by atoms with Crippen LogP contribution < -0.4 is 0 Å². The van der Waals surface area contributed by atoms with E-state index in [1.54, 1.807) is 10.9 Å². The number of aromatic nitrogens is 5. The number of amides is 1. The van der Waals surface area contributed by atoms with E-state index in [4.69, 9.17) is 0 Å². The summed E-state index contributed by atoms with van der Waals surface area (Å²) in [5.41, 5.74) is 0. The Labute approximate surface area is 154 Å². The van der Waals surface area contributed by atoms with E-state index in [0.717, 1.165) is 24.5 Å². The summed E-state index contributed by atoms with van der Waals surface area (Å²) in [7, 11) is 0. The maximum Gasteiger partial charge on any atom is 0.397 e. The second-order valence-electron chi connectivity index (χ2n) is 7.23. The summed E-state index contributed by atoms with van der Waals surface area (Å²) in [6.07, 6.45) is 1.13. The number of carbonyl (C=O) groups excluding carboxylic acids is 1. The highest BCUT2D eigenvalue weighted by Gasteiger charge is 2.37. The van der Waals surface area contributed by atoms with E-state index in [1.165, 1.54) is 4.90 Å². The average molecular weight is 382 g/mol. The minimum Gasteiger partial charge on any atom is -0.342 e. The van der Waals surface area contributed by atoms with Crippen LogP contribution in [0, 0.1) is 0 Å². The molecular weight excluding hydrogens is 361 g/mol. The van der Waals surface area contributed by atoms with Crippen LogP contribution in [0.15, 0.2) is 18.5 Å². The first-order valence-corrected chi connectivity index (χ1v) is 9.16. The van der Waals surface area contributed by atoms with Gasteiger partial charge >= 0.3 is 6.18 Å². The van der Waals surface area contributed by atoms with Crippen molar-refractivity contribution in [1.82, 2.24) is 29.4 Å². The van der Waals surface area contributed by atoms with E-state index < -0.39 is 18.5 Å². The van der Waals surface area contributed by atoms with E-state index in [0.29, 0.717) is 38.5 Å². The lowest BCUT2D eigenvalue weighted by Crippen LogP contribution is -2.40. The van der Waals surface area contributed by atoms with Crippen LogP contribution in [0.2, 0.25) is 0 Å². The number of piperidine rings is 1. The highest BCUT2D eigenvalue weighted by Crippen LogP contribution is 2.40. The Balaban J connectivity index is 1.44. The standard InChI is InChI=1S/C17H21F3N6O/c18-17(19,20)10-15(27)24-8-4-12(5-9-24)16-23-22-14(26(16)13-2-3-13)11-25-7-1-6-21-25/h1,6-7,12-13H,2-5,8-11H2. The van der Waals surface area contributed by atoms with Crippen LogP contribution in [0.4, 0.5) is 13.2 Å². The molecule has 0 spiro atoms. The minimum atomic E-state index is -4.46. The van der Waals surface area contributed by atoms with Crippen molar-refractivity contribution in [3.05, 3.63) is 30.1 Å². The molecule has 0 aromatic carbocycles. The number of hydrogen-bond donors (Lipinski definition) is 0. The number of likely N-dealkylation sites (tertiary alicyclic amines) is 1. The SMILES string of the molecule is O=C(CC(F)(F)F)N1CCC(c2nnc(Cn3cccn3)n2C2CC2)CC1. The molecule has 2 fully saturated rings. The Kier molecular flexibility index (Phi) is 4.65. The highest BCUT2D eigenvalue weighted by molar-refractivity contribution is 5.76. The molecule has 1 amide bonds. The number of nitrogens with zero attached hydrogens (tertiary/aromatic N) is 6. The van der Waals surface area contributed by atoms with Gasteiger partial charge in [-0.05, 0) is 31.7 Å².